The van der Waals surface area contributed by atoms with Crippen molar-refractivity contribution >= 4 is 34.0 Å². The Morgan fingerprint density at radius 1 is 1.33 bits per heavy atom. The molecular weight excluding hydrogens is 346 g/mol. The van der Waals surface area contributed by atoms with Gasteiger partial charge in [0.15, 0.2) is 6.61 Å². The molecule has 1 aliphatic rings. The lowest BCUT2D eigenvalue weighted by Gasteiger charge is -2.18. The van der Waals surface area contributed by atoms with E-state index in [2.05, 4.69) is 15.5 Å². The van der Waals surface area contributed by atoms with Crippen LogP contribution in [0.5, 0.6) is 5.75 Å². The molecule has 7 heteroatoms. The van der Waals surface area contributed by atoms with Gasteiger partial charge in [-0.3, -0.25) is 10.1 Å². The highest BCUT2D eigenvalue weighted by molar-refractivity contribution is 7.15. The van der Waals surface area contributed by atoms with Crippen molar-refractivity contribution in [2.24, 2.45) is 0 Å². The minimum Gasteiger partial charge on any atom is -0.483 e. The van der Waals surface area contributed by atoms with E-state index in [0.717, 1.165) is 10.6 Å². The molecule has 1 aromatic heterocycles. The van der Waals surface area contributed by atoms with Gasteiger partial charge in [0.05, 0.1) is 0 Å². The first kappa shape index (κ1) is 17.2. The van der Waals surface area contributed by atoms with E-state index in [4.69, 9.17) is 16.3 Å². The number of aromatic nitrogens is 2. The van der Waals surface area contributed by atoms with Crippen LogP contribution in [0.15, 0.2) is 18.2 Å². The number of ether oxygens (including phenoxy) is 1. The Labute approximate surface area is 150 Å². The van der Waals surface area contributed by atoms with Gasteiger partial charge in [-0.2, -0.15) is 0 Å². The van der Waals surface area contributed by atoms with Crippen LogP contribution in [0.1, 0.15) is 48.6 Å². The van der Waals surface area contributed by atoms with E-state index in [9.17, 15) is 4.79 Å². The molecule has 0 spiro atoms. The van der Waals surface area contributed by atoms with Crippen molar-refractivity contribution in [3.63, 3.8) is 0 Å². The van der Waals surface area contributed by atoms with Gasteiger partial charge in [0.2, 0.25) is 5.13 Å². The fourth-order valence-corrected chi connectivity index (χ4v) is 4.03. The van der Waals surface area contributed by atoms with Crippen LogP contribution >= 0.6 is 22.9 Å². The molecule has 0 aliphatic heterocycles. The Morgan fingerprint density at radius 3 is 2.88 bits per heavy atom. The molecule has 0 saturated heterocycles. The average molecular weight is 366 g/mol. The van der Waals surface area contributed by atoms with E-state index in [1.54, 1.807) is 18.2 Å². The molecule has 1 heterocycles. The van der Waals surface area contributed by atoms with Crippen LogP contribution in [0.3, 0.4) is 0 Å². The summed E-state index contributed by atoms with van der Waals surface area (Å²) < 4.78 is 5.53. The number of hydrogen-bond acceptors (Lipinski definition) is 5. The van der Waals surface area contributed by atoms with E-state index in [1.807, 2.05) is 6.92 Å². The van der Waals surface area contributed by atoms with Gasteiger partial charge in [-0.1, -0.05) is 42.2 Å². The minimum atomic E-state index is -0.240. The number of nitrogens with zero attached hydrogens (tertiary/aromatic N) is 2. The van der Waals surface area contributed by atoms with Crippen LogP contribution in [0.2, 0.25) is 5.02 Å². The standard InChI is InChI=1S/C17H20ClN3O2S/c1-11-9-13(18)7-8-14(11)23-10-15(22)19-17-21-20-16(24-17)12-5-3-2-4-6-12/h7-9,12H,2-6,10H2,1H3,(H,19,21,22). The van der Waals surface area contributed by atoms with Crippen molar-refractivity contribution in [3.8, 4) is 5.75 Å². The van der Waals surface area contributed by atoms with Crippen molar-refractivity contribution in [2.75, 3.05) is 11.9 Å². The summed E-state index contributed by atoms with van der Waals surface area (Å²) in [6.45, 7) is 1.82. The van der Waals surface area contributed by atoms with Crippen molar-refractivity contribution in [3.05, 3.63) is 33.8 Å². The summed E-state index contributed by atoms with van der Waals surface area (Å²) in [7, 11) is 0. The first-order valence-electron chi connectivity index (χ1n) is 8.14. The molecule has 3 rings (SSSR count). The van der Waals surface area contributed by atoms with E-state index in [0.29, 0.717) is 21.8 Å². The first-order valence-corrected chi connectivity index (χ1v) is 9.33. The summed E-state index contributed by atoms with van der Waals surface area (Å²) in [6, 6.07) is 5.30. The van der Waals surface area contributed by atoms with Crippen LogP contribution in [0.4, 0.5) is 5.13 Å². The third-order valence-corrected chi connectivity index (χ3v) is 5.37. The number of carbonyl (C=O) groups excluding carboxylic acids is 1. The number of aryl methyl sites for hydroxylation is 1. The molecule has 128 valence electrons. The number of nitrogens with one attached hydrogen (secondary N) is 1. The number of hydrogen-bond donors (Lipinski definition) is 1. The number of carbonyl (C=O) groups is 1. The quantitative estimate of drug-likeness (QED) is 0.843. The van der Waals surface area contributed by atoms with E-state index < -0.39 is 0 Å². The molecule has 0 bridgehead atoms. The second-order valence-corrected chi connectivity index (χ2v) is 7.47. The number of halogens is 1. The summed E-state index contributed by atoms with van der Waals surface area (Å²) in [4.78, 5) is 12.0. The Kier molecular flexibility index (Phi) is 5.68. The van der Waals surface area contributed by atoms with Crippen molar-refractivity contribution in [1.29, 1.82) is 0 Å². The summed E-state index contributed by atoms with van der Waals surface area (Å²) in [5, 5.41) is 13.3. The Morgan fingerprint density at radius 2 is 2.12 bits per heavy atom. The second kappa shape index (κ2) is 7.94. The predicted molar refractivity (Wildman–Crippen MR) is 96.0 cm³/mol. The van der Waals surface area contributed by atoms with E-state index >= 15 is 0 Å². The molecule has 1 aromatic carbocycles. The van der Waals surface area contributed by atoms with Gasteiger partial charge in [-0.25, -0.2) is 0 Å². The summed E-state index contributed by atoms with van der Waals surface area (Å²) in [5.74, 6) is 0.903. The third kappa shape index (κ3) is 4.45. The van der Waals surface area contributed by atoms with Gasteiger partial charge in [0, 0.05) is 10.9 Å². The maximum Gasteiger partial charge on any atom is 0.264 e. The van der Waals surface area contributed by atoms with Crippen LogP contribution < -0.4 is 10.1 Å². The van der Waals surface area contributed by atoms with Crippen LogP contribution in [0, 0.1) is 6.92 Å². The third-order valence-electron chi connectivity index (χ3n) is 4.14. The lowest BCUT2D eigenvalue weighted by molar-refractivity contribution is -0.118. The molecule has 5 nitrogen and oxygen atoms in total. The largest absolute Gasteiger partial charge is 0.483 e. The normalized spacial score (nSPS) is 15.2. The number of amides is 1. The predicted octanol–water partition coefficient (Wildman–Crippen LogP) is 4.57. The minimum absolute atomic E-state index is 0.0686. The molecule has 1 fully saturated rings. The fourth-order valence-electron chi connectivity index (χ4n) is 2.87. The highest BCUT2D eigenvalue weighted by Crippen LogP contribution is 2.35. The van der Waals surface area contributed by atoms with Gasteiger partial charge in [0.1, 0.15) is 10.8 Å². The van der Waals surface area contributed by atoms with Gasteiger partial charge >= 0.3 is 0 Å². The molecule has 1 aliphatic carbocycles. The first-order chi connectivity index (χ1) is 11.6. The molecule has 1 saturated carbocycles. The molecule has 2 aromatic rings. The average Bonchev–Trinajstić information content (AvgIpc) is 3.03. The zero-order chi connectivity index (χ0) is 16.9. The zero-order valence-electron chi connectivity index (χ0n) is 13.5. The van der Waals surface area contributed by atoms with E-state index in [1.165, 1.54) is 43.4 Å². The Hall–Kier alpha value is -1.66. The SMILES string of the molecule is Cc1cc(Cl)ccc1OCC(=O)Nc1nnc(C2CCCCC2)s1. The van der Waals surface area contributed by atoms with Crippen LogP contribution in [0.25, 0.3) is 0 Å². The monoisotopic (exact) mass is 365 g/mol. The van der Waals surface area contributed by atoms with Gasteiger partial charge < -0.3 is 4.74 Å². The number of anilines is 1. The second-order valence-electron chi connectivity index (χ2n) is 6.03. The summed E-state index contributed by atoms with van der Waals surface area (Å²) >= 11 is 7.37. The van der Waals surface area contributed by atoms with Crippen molar-refractivity contribution in [1.82, 2.24) is 10.2 Å². The Balaban J connectivity index is 1.52. The molecule has 24 heavy (non-hydrogen) atoms. The molecule has 1 amide bonds. The summed E-state index contributed by atoms with van der Waals surface area (Å²) in [6.07, 6.45) is 6.14. The summed E-state index contributed by atoms with van der Waals surface area (Å²) in [5.41, 5.74) is 0.894. The highest BCUT2D eigenvalue weighted by atomic mass is 35.5. The lowest BCUT2D eigenvalue weighted by atomic mass is 9.90. The topological polar surface area (TPSA) is 64.1 Å². The van der Waals surface area contributed by atoms with Crippen molar-refractivity contribution < 1.29 is 9.53 Å². The van der Waals surface area contributed by atoms with E-state index in [-0.39, 0.29) is 12.5 Å². The lowest BCUT2D eigenvalue weighted by Crippen LogP contribution is -2.20. The molecule has 0 atom stereocenters. The molecule has 1 N–H and O–H groups in total. The molecule has 0 unspecified atom stereocenters. The maximum absolute atomic E-state index is 12.0. The van der Waals surface area contributed by atoms with Crippen LogP contribution in [-0.4, -0.2) is 22.7 Å². The fraction of sp³-hybridized carbons (Fsp3) is 0.471. The number of rotatable bonds is 5. The van der Waals surface area contributed by atoms with Gasteiger partial charge in [0.25, 0.3) is 5.91 Å². The Bertz CT molecular complexity index is 714. The molecular formula is C17H20ClN3O2S. The zero-order valence-corrected chi connectivity index (χ0v) is 15.1. The maximum atomic E-state index is 12.0. The van der Waals surface area contributed by atoms with Crippen molar-refractivity contribution in [2.45, 2.75) is 44.9 Å². The smallest absolute Gasteiger partial charge is 0.264 e. The number of benzene rings is 1. The van der Waals surface area contributed by atoms with Crippen LogP contribution in [-0.2, 0) is 4.79 Å². The van der Waals surface area contributed by atoms with Gasteiger partial charge in [-0.05, 0) is 43.5 Å². The highest BCUT2D eigenvalue weighted by Gasteiger charge is 2.20. The molecule has 0 radical (unpaired) electrons. The van der Waals surface area contributed by atoms with Gasteiger partial charge in [-0.15, -0.1) is 10.2 Å².